The molecule has 4 nitrogen and oxygen atoms in total. The van der Waals surface area contributed by atoms with Crippen molar-refractivity contribution in [1.82, 2.24) is 5.32 Å². The number of aldehydes is 1. The number of nitrogens with one attached hydrogen (secondary N) is 1. The van der Waals surface area contributed by atoms with Crippen LogP contribution in [-0.2, 0) is 9.53 Å². The first kappa shape index (κ1) is 17.7. The summed E-state index contributed by atoms with van der Waals surface area (Å²) in [6.45, 7) is 5.40. The molecule has 0 radical (unpaired) electrons. The molecule has 0 aliphatic carbocycles. The fourth-order valence-electron chi connectivity index (χ4n) is 2.36. The van der Waals surface area contributed by atoms with E-state index in [2.05, 4.69) is 5.32 Å². The summed E-state index contributed by atoms with van der Waals surface area (Å²) in [4.78, 5) is 22.9. The molecule has 24 heavy (non-hydrogen) atoms. The zero-order valence-corrected chi connectivity index (χ0v) is 14.3. The molecular formula is C20H23NO3. The van der Waals surface area contributed by atoms with Gasteiger partial charge in [0.15, 0.2) is 0 Å². The Morgan fingerprint density at radius 3 is 2.17 bits per heavy atom. The van der Waals surface area contributed by atoms with Gasteiger partial charge in [-0.3, -0.25) is 0 Å². The SMILES string of the molecule is CC(C)(C)OC(=O)N[C@H](CC=O)c1ccc(-c2ccccc2)cc1. The van der Waals surface area contributed by atoms with E-state index in [1.165, 1.54) is 0 Å². The van der Waals surface area contributed by atoms with Crippen molar-refractivity contribution in [2.24, 2.45) is 0 Å². The van der Waals surface area contributed by atoms with Crippen molar-refractivity contribution < 1.29 is 14.3 Å². The van der Waals surface area contributed by atoms with Gasteiger partial charge in [-0.2, -0.15) is 0 Å². The van der Waals surface area contributed by atoms with Crippen LogP contribution in [0.25, 0.3) is 11.1 Å². The molecular weight excluding hydrogens is 302 g/mol. The molecule has 2 aromatic carbocycles. The van der Waals surface area contributed by atoms with Crippen molar-refractivity contribution in [2.75, 3.05) is 0 Å². The minimum atomic E-state index is -0.576. The molecule has 1 amide bonds. The number of ether oxygens (including phenoxy) is 1. The van der Waals surface area contributed by atoms with Crippen molar-refractivity contribution >= 4 is 12.4 Å². The standard InChI is InChI=1S/C20H23NO3/c1-20(2,3)24-19(23)21-18(13-14-22)17-11-9-16(10-12-17)15-7-5-4-6-8-15/h4-12,14,18H,13H2,1-3H3,(H,21,23)/t18-/m1/s1. The number of carbonyl (C=O) groups is 2. The van der Waals surface area contributed by atoms with Crippen LogP contribution in [0, 0.1) is 0 Å². The van der Waals surface area contributed by atoms with Gasteiger partial charge in [0.25, 0.3) is 0 Å². The fraction of sp³-hybridized carbons (Fsp3) is 0.300. The number of hydrogen-bond donors (Lipinski definition) is 1. The van der Waals surface area contributed by atoms with Crippen molar-refractivity contribution in [3.63, 3.8) is 0 Å². The van der Waals surface area contributed by atoms with Gasteiger partial charge in [-0.15, -0.1) is 0 Å². The molecule has 0 saturated heterocycles. The normalized spacial score (nSPS) is 12.3. The predicted octanol–water partition coefficient (Wildman–Crippen LogP) is 4.51. The number of carbonyl (C=O) groups excluding carboxylic acids is 2. The largest absolute Gasteiger partial charge is 0.444 e. The molecule has 2 aromatic rings. The highest BCUT2D eigenvalue weighted by Crippen LogP contribution is 2.23. The lowest BCUT2D eigenvalue weighted by molar-refractivity contribution is -0.108. The minimum Gasteiger partial charge on any atom is -0.444 e. The molecule has 1 atom stereocenters. The van der Waals surface area contributed by atoms with Crippen molar-refractivity contribution in [3.8, 4) is 11.1 Å². The molecule has 126 valence electrons. The van der Waals surface area contributed by atoms with E-state index in [0.29, 0.717) is 0 Å². The molecule has 4 heteroatoms. The first-order valence-electron chi connectivity index (χ1n) is 7.97. The zero-order chi connectivity index (χ0) is 17.6. The summed E-state index contributed by atoms with van der Waals surface area (Å²) in [6, 6.07) is 17.4. The average Bonchev–Trinajstić information content (AvgIpc) is 2.54. The molecule has 0 spiro atoms. The highest BCUT2D eigenvalue weighted by molar-refractivity contribution is 5.69. The second kappa shape index (κ2) is 7.77. The molecule has 0 fully saturated rings. The summed E-state index contributed by atoms with van der Waals surface area (Å²) in [5.41, 5.74) is 2.50. The van der Waals surface area contributed by atoms with Gasteiger partial charge in [-0.1, -0.05) is 54.6 Å². The maximum absolute atomic E-state index is 12.0. The van der Waals surface area contributed by atoms with E-state index in [-0.39, 0.29) is 6.42 Å². The van der Waals surface area contributed by atoms with Gasteiger partial charge in [0.05, 0.1) is 6.04 Å². The van der Waals surface area contributed by atoms with Crippen LogP contribution in [-0.4, -0.2) is 18.0 Å². The number of hydrogen-bond acceptors (Lipinski definition) is 3. The molecule has 0 bridgehead atoms. The van der Waals surface area contributed by atoms with E-state index in [1.54, 1.807) is 20.8 Å². The Balaban J connectivity index is 2.13. The van der Waals surface area contributed by atoms with Gasteiger partial charge >= 0.3 is 6.09 Å². The summed E-state index contributed by atoms with van der Waals surface area (Å²) >= 11 is 0. The molecule has 0 unspecified atom stereocenters. The smallest absolute Gasteiger partial charge is 0.408 e. The summed E-state index contributed by atoms with van der Waals surface area (Å²) in [7, 11) is 0. The first-order valence-corrected chi connectivity index (χ1v) is 7.97. The third-order valence-corrected chi connectivity index (χ3v) is 3.44. The lowest BCUT2D eigenvalue weighted by Crippen LogP contribution is -2.35. The predicted molar refractivity (Wildman–Crippen MR) is 94.7 cm³/mol. The molecule has 2 rings (SSSR count). The fourth-order valence-corrected chi connectivity index (χ4v) is 2.36. The minimum absolute atomic E-state index is 0.198. The monoisotopic (exact) mass is 325 g/mol. The summed E-state index contributed by atoms with van der Waals surface area (Å²) in [6.07, 6.45) is 0.471. The van der Waals surface area contributed by atoms with E-state index >= 15 is 0 Å². The zero-order valence-electron chi connectivity index (χ0n) is 14.3. The number of alkyl carbamates (subject to hydrolysis) is 1. The Hall–Kier alpha value is -2.62. The topological polar surface area (TPSA) is 55.4 Å². The lowest BCUT2D eigenvalue weighted by atomic mass is 9.99. The Kier molecular flexibility index (Phi) is 5.74. The van der Waals surface area contributed by atoms with Gasteiger partial charge in [0, 0.05) is 6.42 Å². The maximum atomic E-state index is 12.0. The molecule has 0 saturated carbocycles. The Bertz CT molecular complexity index is 672. The van der Waals surface area contributed by atoms with E-state index in [1.807, 2.05) is 54.6 Å². The van der Waals surface area contributed by atoms with Crippen LogP contribution in [0.1, 0.15) is 38.8 Å². The van der Waals surface area contributed by atoms with Gasteiger partial charge in [-0.05, 0) is 37.5 Å². The third-order valence-electron chi connectivity index (χ3n) is 3.44. The number of rotatable bonds is 5. The van der Waals surface area contributed by atoms with E-state index < -0.39 is 17.7 Å². The third kappa shape index (κ3) is 5.23. The van der Waals surface area contributed by atoms with Gasteiger partial charge in [0.1, 0.15) is 11.9 Å². The van der Waals surface area contributed by atoms with Crippen LogP contribution in [0.2, 0.25) is 0 Å². The van der Waals surface area contributed by atoms with Crippen LogP contribution in [0.4, 0.5) is 4.79 Å². The average molecular weight is 325 g/mol. The van der Waals surface area contributed by atoms with Crippen LogP contribution < -0.4 is 5.32 Å². The lowest BCUT2D eigenvalue weighted by Gasteiger charge is -2.23. The first-order chi connectivity index (χ1) is 11.4. The van der Waals surface area contributed by atoms with Crippen LogP contribution in [0.15, 0.2) is 54.6 Å². The highest BCUT2D eigenvalue weighted by Gasteiger charge is 2.20. The second-order valence-corrected chi connectivity index (χ2v) is 6.59. The Morgan fingerprint density at radius 1 is 1.04 bits per heavy atom. The molecule has 0 aromatic heterocycles. The van der Waals surface area contributed by atoms with E-state index in [9.17, 15) is 9.59 Å². The van der Waals surface area contributed by atoms with Crippen molar-refractivity contribution in [3.05, 3.63) is 60.2 Å². The Labute approximate surface area is 142 Å². The number of benzene rings is 2. The summed E-state index contributed by atoms with van der Waals surface area (Å²) in [5.74, 6) is 0. The van der Waals surface area contributed by atoms with Crippen LogP contribution in [0.3, 0.4) is 0 Å². The van der Waals surface area contributed by atoms with Crippen molar-refractivity contribution in [2.45, 2.75) is 38.8 Å². The van der Waals surface area contributed by atoms with Crippen LogP contribution in [0.5, 0.6) is 0 Å². The van der Waals surface area contributed by atoms with E-state index in [0.717, 1.165) is 23.0 Å². The van der Waals surface area contributed by atoms with E-state index in [4.69, 9.17) is 4.74 Å². The molecule has 0 aliphatic rings. The maximum Gasteiger partial charge on any atom is 0.408 e. The van der Waals surface area contributed by atoms with Gasteiger partial charge < -0.3 is 14.8 Å². The molecule has 0 heterocycles. The summed E-state index contributed by atoms with van der Waals surface area (Å²) in [5, 5.41) is 2.76. The number of amides is 1. The molecule has 0 aliphatic heterocycles. The summed E-state index contributed by atoms with van der Waals surface area (Å²) < 4.78 is 5.26. The highest BCUT2D eigenvalue weighted by atomic mass is 16.6. The van der Waals surface area contributed by atoms with Gasteiger partial charge in [0.2, 0.25) is 0 Å². The van der Waals surface area contributed by atoms with Gasteiger partial charge in [-0.25, -0.2) is 4.79 Å². The van der Waals surface area contributed by atoms with Crippen LogP contribution >= 0.6 is 0 Å². The molecule has 1 N–H and O–H groups in total. The second-order valence-electron chi connectivity index (χ2n) is 6.59. The quantitative estimate of drug-likeness (QED) is 0.823. The van der Waals surface area contributed by atoms with Crippen molar-refractivity contribution in [1.29, 1.82) is 0 Å². The Morgan fingerprint density at radius 2 is 1.62 bits per heavy atom.